The fourth-order valence-corrected chi connectivity index (χ4v) is 3.12. The summed E-state index contributed by atoms with van der Waals surface area (Å²) in [6.45, 7) is 10.3. The largest absolute Gasteiger partial charge is 0.450 e. The third kappa shape index (κ3) is 5.24. The van der Waals surface area contributed by atoms with Gasteiger partial charge in [-0.25, -0.2) is 4.79 Å². The van der Waals surface area contributed by atoms with Crippen molar-refractivity contribution in [3.8, 4) is 0 Å². The fraction of sp³-hybridized carbons (Fsp3) is 0.571. The first-order valence-corrected chi connectivity index (χ1v) is 9.76. The molecule has 1 aliphatic rings. The van der Waals surface area contributed by atoms with Crippen molar-refractivity contribution in [2.75, 3.05) is 25.0 Å². The highest BCUT2D eigenvalue weighted by atomic mass is 16.6. The lowest BCUT2D eigenvalue weighted by Crippen LogP contribution is -2.52. The summed E-state index contributed by atoms with van der Waals surface area (Å²) in [4.78, 5) is 38.9. The maximum absolute atomic E-state index is 12.7. The SMILES string of the molecule is CCOC(=O)N1CCC(NC(=O)C(C)(C)C(=O)Nc2ccc(C)cc2C)CC1. The number of carbonyl (C=O) groups excluding carboxylic acids is 3. The smallest absolute Gasteiger partial charge is 0.409 e. The number of ether oxygens (including phenoxy) is 1. The Morgan fingerprint density at radius 1 is 1.14 bits per heavy atom. The van der Waals surface area contributed by atoms with Crippen molar-refractivity contribution < 1.29 is 19.1 Å². The average Bonchev–Trinajstić information content (AvgIpc) is 2.64. The molecule has 0 radical (unpaired) electrons. The number of nitrogens with one attached hydrogen (secondary N) is 2. The van der Waals surface area contributed by atoms with Crippen LogP contribution < -0.4 is 10.6 Å². The van der Waals surface area contributed by atoms with Crippen LogP contribution in [-0.4, -0.2) is 48.5 Å². The molecule has 0 bridgehead atoms. The Morgan fingerprint density at radius 3 is 2.36 bits per heavy atom. The van der Waals surface area contributed by atoms with Gasteiger partial charge in [0.15, 0.2) is 0 Å². The summed E-state index contributed by atoms with van der Waals surface area (Å²) in [5, 5.41) is 5.83. The number of aryl methyl sites for hydroxylation is 2. The molecular formula is C21H31N3O4. The molecule has 0 atom stereocenters. The summed E-state index contributed by atoms with van der Waals surface area (Å²) in [5.74, 6) is -0.662. The quantitative estimate of drug-likeness (QED) is 0.758. The number of rotatable bonds is 5. The minimum atomic E-state index is -1.21. The lowest BCUT2D eigenvalue weighted by atomic mass is 9.89. The number of nitrogens with zero attached hydrogens (tertiary/aromatic N) is 1. The van der Waals surface area contributed by atoms with Gasteiger partial charge in [0.1, 0.15) is 5.41 Å². The predicted octanol–water partition coefficient (Wildman–Crippen LogP) is 3.01. The maximum Gasteiger partial charge on any atom is 0.409 e. The molecule has 1 saturated heterocycles. The Bertz CT molecular complexity index is 737. The lowest BCUT2D eigenvalue weighted by Gasteiger charge is -2.33. The molecule has 154 valence electrons. The first-order valence-electron chi connectivity index (χ1n) is 9.76. The number of likely N-dealkylation sites (tertiary alicyclic amines) is 1. The standard InChI is InChI=1S/C21H31N3O4/c1-6-28-20(27)24-11-9-16(10-12-24)22-18(25)21(4,5)19(26)23-17-8-7-14(2)13-15(17)3/h7-8,13,16H,6,9-12H2,1-5H3,(H,22,25)(H,23,26). The zero-order valence-electron chi connectivity index (χ0n) is 17.4. The van der Waals surface area contributed by atoms with Crippen LogP contribution in [0, 0.1) is 19.3 Å². The van der Waals surface area contributed by atoms with Crippen LogP contribution in [0.4, 0.5) is 10.5 Å². The van der Waals surface area contributed by atoms with Gasteiger partial charge < -0.3 is 20.3 Å². The van der Waals surface area contributed by atoms with E-state index in [4.69, 9.17) is 4.74 Å². The first-order chi connectivity index (χ1) is 13.1. The minimum absolute atomic E-state index is 0.0636. The van der Waals surface area contributed by atoms with Gasteiger partial charge in [-0.15, -0.1) is 0 Å². The Labute approximate surface area is 166 Å². The van der Waals surface area contributed by atoms with Gasteiger partial charge >= 0.3 is 6.09 Å². The number of amides is 3. The Balaban J connectivity index is 1.91. The van der Waals surface area contributed by atoms with E-state index in [0.29, 0.717) is 38.2 Å². The first kappa shape index (κ1) is 21.7. The van der Waals surface area contributed by atoms with Crippen molar-refractivity contribution in [1.29, 1.82) is 0 Å². The molecule has 1 aromatic carbocycles. The molecule has 1 fully saturated rings. The molecule has 2 N–H and O–H groups in total. The second kappa shape index (κ2) is 9.08. The van der Waals surface area contributed by atoms with E-state index in [2.05, 4.69) is 10.6 Å². The number of piperidine rings is 1. The highest BCUT2D eigenvalue weighted by molar-refractivity contribution is 6.10. The Kier molecular flexibility index (Phi) is 7.05. The molecule has 28 heavy (non-hydrogen) atoms. The third-order valence-corrected chi connectivity index (χ3v) is 5.12. The molecule has 2 rings (SSSR count). The summed E-state index contributed by atoms with van der Waals surface area (Å²) in [6, 6.07) is 5.70. The highest BCUT2D eigenvalue weighted by Crippen LogP contribution is 2.23. The van der Waals surface area contributed by atoms with E-state index < -0.39 is 5.41 Å². The van der Waals surface area contributed by atoms with E-state index in [0.717, 1.165) is 11.1 Å². The second-order valence-corrected chi connectivity index (χ2v) is 7.83. The molecule has 0 aromatic heterocycles. The zero-order valence-corrected chi connectivity index (χ0v) is 17.4. The monoisotopic (exact) mass is 389 g/mol. The summed E-state index contributed by atoms with van der Waals surface area (Å²) in [6.07, 6.45) is 0.957. The van der Waals surface area contributed by atoms with Crippen LogP contribution in [0.15, 0.2) is 18.2 Å². The zero-order chi connectivity index (χ0) is 20.9. The molecule has 7 nitrogen and oxygen atoms in total. The second-order valence-electron chi connectivity index (χ2n) is 7.83. The molecule has 0 spiro atoms. The van der Waals surface area contributed by atoms with E-state index in [1.807, 2.05) is 32.0 Å². The predicted molar refractivity (Wildman–Crippen MR) is 108 cm³/mol. The minimum Gasteiger partial charge on any atom is -0.450 e. The van der Waals surface area contributed by atoms with E-state index >= 15 is 0 Å². The third-order valence-electron chi connectivity index (χ3n) is 5.12. The van der Waals surface area contributed by atoms with Crippen molar-refractivity contribution in [2.45, 2.75) is 53.5 Å². The topological polar surface area (TPSA) is 87.7 Å². The molecule has 0 aliphatic carbocycles. The normalized spacial score (nSPS) is 15.1. The van der Waals surface area contributed by atoms with Crippen LogP contribution in [-0.2, 0) is 14.3 Å². The average molecular weight is 389 g/mol. The fourth-order valence-electron chi connectivity index (χ4n) is 3.12. The van der Waals surface area contributed by atoms with Crippen LogP contribution in [0.3, 0.4) is 0 Å². The molecule has 0 unspecified atom stereocenters. The Hall–Kier alpha value is -2.57. The molecule has 3 amide bonds. The maximum atomic E-state index is 12.7. The van der Waals surface area contributed by atoms with E-state index in [1.54, 1.807) is 25.7 Å². The summed E-state index contributed by atoms with van der Waals surface area (Å²) in [7, 11) is 0. The van der Waals surface area contributed by atoms with Crippen LogP contribution >= 0.6 is 0 Å². The number of hydrogen-bond donors (Lipinski definition) is 2. The lowest BCUT2D eigenvalue weighted by molar-refractivity contribution is -0.139. The van der Waals surface area contributed by atoms with Crippen LogP contribution in [0.2, 0.25) is 0 Å². The van der Waals surface area contributed by atoms with Gasteiger partial charge in [0.05, 0.1) is 6.61 Å². The molecule has 1 heterocycles. The number of hydrogen-bond acceptors (Lipinski definition) is 4. The molecular weight excluding hydrogens is 358 g/mol. The summed E-state index contributed by atoms with van der Waals surface area (Å²) < 4.78 is 5.00. The van der Waals surface area contributed by atoms with Gasteiger partial charge in [-0.3, -0.25) is 9.59 Å². The Morgan fingerprint density at radius 2 is 1.79 bits per heavy atom. The molecule has 0 saturated carbocycles. The van der Waals surface area contributed by atoms with Gasteiger partial charge in [-0.1, -0.05) is 17.7 Å². The van der Waals surface area contributed by atoms with Crippen LogP contribution in [0.5, 0.6) is 0 Å². The number of anilines is 1. The van der Waals surface area contributed by atoms with E-state index in [-0.39, 0.29) is 23.9 Å². The van der Waals surface area contributed by atoms with Gasteiger partial charge in [-0.05, 0) is 59.1 Å². The van der Waals surface area contributed by atoms with Gasteiger partial charge in [-0.2, -0.15) is 0 Å². The summed E-state index contributed by atoms with van der Waals surface area (Å²) in [5.41, 5.74) is 1.56. The molecule has 1 aromatic rings. The van der Waals surface area contributed by atoms with Crippen molar-refractivity contribution in [1.82, 2.24) is 10.2 Å². The van der Waals surface area contributed by atoms with Gasteiger partial charge in [0, 0.05) is 24.8 Å². The van der Waals surface area contributed by atoms with Gasteiger partial charge in [0.25, 0.3) is 0 Å². The van der Waals surface area contributed by atoms with E-state index in [1.165, 1.54) is 0 Å². The van der Waals surface area contributed by atoms with Crippen molar-refractivity contribution in [3.05, 3.63) is 29.3 Å². The highest BCUT2D eigenvalue weighted by Gasteiger charge is 2.38. The van der Waals surface area contributed by atoms with Crippen LogP contribution in [0.25, 0.3) is 0 Å². The van der Waals surface area contributed by atoms with Crippen molar-refractivity contribution in [2.24, 2.45) is 5.41 Å². The van der Waals surface area contributed by atoms with Gasteiger partial charge in [0.2, 0.25) is 11.8 Å². The van der Waals surface area contributed by atoms with E-state index in [9.17, 15) is 14.4 Å². The molecule has 1 aliphatic heterocycles. The van der Waals surface area contributed by atoms with Crippen LogP contribution in [0.1, 0.15) is 44.7 Å². The van der Waals surface area contributed by atoms with Crippen molar-refractivity contribution in [3.63, 3.8) is 0 Å². The van der Waals surface area contributed by atoms with Crippen molar-refractivity contribution >= 4 is 23.6 Å². The number of carbonyl (C=O) groups is 3. The summed E-state index contributed by atoms with van der Waals surface area (Å²) >= 11 is 0. The molecule has 7 heteroatoms. The number of benzene rings is 1.